The van der Waals surface area contributed by atoms with Crippen LogP contribution in [0.4, 0.5) is 8.78 Å². The average Bonchev–Trinajstić information content (AvgIpc) is 3.13. The standard InChI is InChI=1S/C18H16F2N4O3S/c19-14-5-4-13(11-15(14)20)28(26,27)24-9-7-22(8-10-24)18(25)16-12-23-6-2-1-3-17(23)21-16/h1-6,11-12H,7-10H2. The number of amides is 1. The Labute approximate surface area is 159 Å². The van der Waals surface area contributed by atoms with Crippen molar-refractivity contribution >= 4 is 21.6 Å². The van der Waals surface area contributed by atoms with Crippen LogP contribution in [0.2, 0.25) is 0 Å². The number of halogens is 2. The van der Waals surface area contributed by atoms with E-state index in [0.717, 1.165) is 16.4 Å². The molecule has 1 fully saturated rings. The number of aromatic nitrogens is 2. The monoisotopic (exact) mass is 406 g/mol. The van der Waals surface area contributed by atoms with Gasteiger partial charge in [-0.3, -0.25) is 4.79 Å². The van der Waals surface area contributed by atoms with Crippen molar-refractivity contribution in [3.63, 3.8) is 0 Å². The molecule has 146 valence electrons. The van der Waals surface area contributed by atoms with Crippen LogP contribution in [0.1, 0.15) is 10.5 Å². The summed E-state index contributed by atoms with van der Waals surface area (Å²) in [6, 6.07) is 7.90. The predicted molar refractivity (Wildman–Crippen MR) is 96.2 cm³/mol. The first-order valence-electron chi connectivity index (χ1n) is 8.54. The first-order valence-corrected chi connectivity index (χ1v) is 9.98. The summed E-state index contributed by atoms with van der Waals surface area (Å²) in [4.78, 5) is 18.2. The number of benzene rings is 1. The van der Waals surface area contributed by atoms with Gasteiger partial charge in [0.2, 0.25) is 10.0 Å². The Balaban J connectivity index is 1.47. The molecule has 1 aliphatic rings. The number of rotatable bonds is 3. The number of piperazine rings is 1. The quantitative estimate of drug-likeness (QED) is 0.664. The Hall–Kier alpha value is -2.85. The number of imidazole rings is 1. The first kappa shape index (κ1) is 18.5. The molecular weight excluding hydrogens is 390 g/mol. The van der Waals surface area contributed by atoms with Crippen LogP contribution >= 0.6 is 0 Å². The number of hydrogen-bond donors (Lipinski definition) is 0. The normalized spacial score (nSPS) is 15.9. The van der Waals surface area contributed by atoms with E-state index >= 15 is 0 Å². The molecule has 0 saturated carbocycles. The molecule has 0 atom stereocenters. The Kier molecular flexibility index (Phi) is 4.60. The predicted octanol–water partition coefficient (Wildman–Crippen LogP) is 1.76. The van der Waals surface area contributed by atoms with E-state index in [0.29, 0.717) is 11.7 Å². The smallest absolute Gasteiger partial charge is 0.274 e. The topological polar surface area (TPSA) is 75.0 Å². The van der Waals surface area contributed by atoms with Crippen molar-refractivity contribution in [1.82, 2.24) is 18.6 Å². The van der Waals surface area contributed by atoms with Crippen LogP contribution in [0.3, 0.4) is 0 Å². The highest BCUT2D eigenvalue weighted by atomic mass is 32.2. The SMILES string of the molecule is O=C(c1cn2ccccc2n1)N1CCN(S(=O)(=O)c2ccc(F)c(F)c2)CC1. The molecule has 4 rings (SSSR count). The Morgan fingerprint density at radius 3 is 2.43 bits per heavy atom. The van der Waals surface area contributed by atoms with Crippen molar-refractivity contribution < 1.29 is 22.0 Å². The van der Waals surface area contributed by atoms with Crippen molar-refractivity contribution in [1.29, 1.82) is 0 Å². The number of pyridine rings is 1. The van der Waals surface area contributed by atoms with Crippen LogP contribution < -0.4 is 0 Å². The van der Waals surface area contributed by atoms with Gasteiger partial charge in [0.1, 0.15) is 11.3 Å². The Morgan fingerprint density at radius 1 is 1.00 bits per heavy atom. The molecule has 28 heavy (non-hydrogen) atoms. The average molecular weight is 406 g/mol. The summed E-state index contributed by atoms with van der Waals surface area (Å²) in [5.41, 5.74) is 0.925. The minimum absolute atomic E-state index is 0.0560. The van der Waals surface area contributed by atoms with Crippen LogP contribution in [-0.2, 0) is 10.0 Å². The Morgan fingerprint density at radius 2 is 1.75 bits per heavy atom. The van der Waals surface area contributed by atoms with E-state index in [1.165, 1.54) is 4.90 Å². The summed E-state index contributed by atoms with van der Waals surface area (Å²) in [6.45, 7) is 0.464. The van der Waals surface area contributed by atoms with Gasteiger partial charge in [-0.15, -0.1) is 0 Å². The van der Waals surface area contributed by atoms with E-state index in [9.17, 15) is 22.0 Å². The zero-order valence-corrected chi connectivity index (χ0v) is 15.4. The molecule has 0 N–H and O–H groups in total. The maximum absolute atomic E-state index is 13.4. The zero-order valence-electron chi connectivity index (χ0n) is 14.6. The molecule has 2 aromatic heterocycles. The highest BCUT2D eigenvalue weighted by Gasteiger charge is 2.31. The van der Waals surface area contributed by atoms with Gasteiger partial charge in [-0.2, -0.15) is 4.31 Å². The third-order valence-corrected chi connectivity index (χ3v) is 6.53. The lowest BCUT2D eigenvalue weighted by Gasteiger charge is -2.33. The molecular formula is C18H16F2N4O3S. The van der Waals surface area contributed by atoms with E-state index in [4.69, 9.17) is 0 Å². The number of nitrogens with zero attached hydrogens (tertiary/aromatic N) is 4. The van der Waals surface area contributed by atoms with Gasteiger partial charge < -0.3 is 9.30 Å². The van der Waals surface area contributed by atoms with Crippen molar-refractivity contribution in [2.75, 3.05) is 26.2 Å². The maximum atomic E-state index is 13.4. The highest BCUT2D eigenvalue weighted by molar-refractivity contribution is 7.89. The summed E-state index contributed by atoms with van der Waals surface area (Å²) in [7, 11) is -3.97. The van der Waals surface area contributed by atoms with Crippen LogP contribution in [0.15, 0.2) is 53.7 Å². The lowest BCUT2D eigenvalue weighted by molar-refractivity contribution is 0.0692. The largest absolute Gasteiger partial charge is 0.335 e. The summed E-state index contributed by atoms with van der Waals surface area (Å²) in [5, 5.41) is 0. The summed E-state index contributed by atoms with van der Waals surface area (Å²) < 4.78 is 54.6. The van der Waals surface area contributed by atoms with Gasteiger partial charge in [0.15, 0.2) is 11.6 Å². The van der Waals surface area contributed by atoms with E-state index in [1.54, 1.807) is 22.9 Å². The van der Waals surface area contributed by atoms with E-state index in [1.807, 2.05) is 12.1 Å². The summed E-state index contributed by atoms with van der Waals surface area (Å²) in [6.07, 6.45) is 3.41. The molecule has 1 aliphatic heterocycles. The van der Waals surface area contributed by atoms with E-state index in [2.05, 4.69) is 4.98 Å². The highest BCUT2D eigenvalue weighted by Crippen LogP contribution is 2.20. The van der Waals surface area contributed by atoms with Gasteiger partial charge in [0, 0.05) is 38.6 Å². The van der Waals surface area contributed by atoms with Gasteiger partial charge in [0.25, 0.3) is 5.91 Å². The van der Waals surface area contributed by atoms with Crippen molar-refractivity contribution in [2.24, 2.45) is 0 Å². The van der Waals surface area contributed by atoms with E-state index < -0.39 is 21.7 Å². The molecule has 7 nitrogen and oxygen atoms in total. The molecule has 3 heterocycles. The second kappa shape index (κ2) is 6.95. The third-order valence-electron chi connectivity index (χ3n) is 4.64. The first-order chi connectivity index (χ1) is 13.4. The number of sulfonamides is 1. The molecule has 0 unspecified atom stereocenters. The lowest BCUT2D eigenvalue weighted by Crippen LogP contribution is -2.50. The lowest BCUT2D eigenvalue weighted by atomic mass is 10.3. The van der Waals surface area contributed by atoms with Crippen molar-refractivity contribution in [2.45, 2.75) is 4.90 Å². The molecule has 1 aromatic carbocycles. The fraction of sp³-hybridized carbons (Fsp3) is 0.222. The maximum Gasteiger partial charge on any atom is 0.274 e. The molecule has 1 saturated heterocycles. The fourth-order valence-corrected chi connectivity index (χ4v) is 4.55. The number of carbonyl (C=O) groups is 1. The van der Waals surface area contributed by atoms with Crippen molar-refractivity contribution in [3.8, 4) is 0 Å². The molecule has 3 aromatic rings. The number of fused-ring (bicyclic) bond motifs is 1. The molecule has 0 radical (unpaired) electrons. The minimum atomic E-state index is -3.97. The van der Waals surface area contributed by atoms with Gasteiger partial charge in [-0.05, 0) is 30.3 Å². The van der Waals surface area contributed by atoms with E-state index in [-0.39, 0.29) is 42.7 Å². The van der Waals surface area contributed by atoms with Gasteiger partial charge >= 0.3 is 0 Å². The summed E-state index contributed by atoms with van der Waals surface area (Å²) >= 11 is 0. The van der Waals surface area contributed by atoms with Crippen molar-refractivity contribution in [3.05, 3.63) is 66.1 Å². The van der Waals surface area contributed by atoms with Crippen LogP contribution in [-0.4, -0.2) is 59.1 Å². The van der Waals surface area contributed by atoms with Crippen LogP contribution in [0, 0.1) is 11.6 Å². The second-order valence-corrected chi connectivity index (χ2v) is 8.30. The van der Waals surface area contributed by atoms with Gasteiger partial charge in [-0.1, -0.05) is 6.07 Å². The second-order valence-electron chi connectivity index (χ2n) is 6.36. The number of carbonyl (C=O) groups excluding carboxylic acids is 1. The molecule has 0 spiro atoms. The fourth-order valence-electron chi connectivity index (χ4n) is 3.12. The Bertz CT molecular complexity index is 1120. The summed E-state index contributed by atoms with van der Waals surface area (Å²) in [5.74, 6) is -2.61. The minimum Gasteiger partial charge on any atom is -0.335 e. The van der Waals surface area contributed by atoms with Crippen LogP contribution in [0.5, 0.6) is 0 Å². The molecule has 1 amide bonds. The van der Waals surface area contributed by atoms with Gasteiger partial charge in [-0.25, -0.2) is 22.2 Å². The van der Waals surface area contributed by atoms with Gasteiger partial charge in [0.05, 0.1) is 4.90 Å². The molecule has 10 heteroatoms. The zero-order chi connectivity index (χ0) is 19.9. The molecule has 0 aliphatic carbocycles. The molecule has 0 bridgehead atoms. The number of hydrogen-bond acceptors (Lipinski definition) is 4. The van der Waals surface area contributed by atoms with Crippen LogP contribution in [0.25, 0.3) is 5.65 Å². The third kappa shape index (κ3) is 3.25.